The zero-order valence-electron chi connectivity index (χ0n) is 10.8. The number of aryl methyl sites for hydroxylation is 1. The molecule has 4 heteroatoms. The van der Waals surface area contributed by atoms with Gasteiger partial charge in [0.05, 0.1) is 0 Å². The third-order valence-electron chi connectivity index (χ3n) is 3.92. The van der Waals surface area contributed by atoms with E-state index in [1.165, 1.54) is 38.5 Å². The molecule has 0 aromatic carbocycles. The van der Waals surface area contributed by atoms with Crippen molar-refractivity contribution in [1.82, 2.24) is 14.8 Å². The smallest absolute Gasteiger partial charge is 0.138 e. The van der Waals surface area contributed by atoms with E-state index in [0.717, 1.165) is 18.8 Å². The molecule has 1 aromatic rings. The lowest BCUT2D eigenvalue weighted by Gasteiger charge is -2.21. The fourth-order valence-corrected chi connectivity index (χ4v) is 2.83. The fraction of sp³-hybridized carbons (Fsp3) is 0.846. The van der Waals surface area contributed by atoms with E-state index in [1.807, 2.05) is 4.68 Å². The Kier molecular flexibility index (Phi) is 4.54. The minimum atomic E-state index is 0.252. The summed E-state index contributed by atoms with van der Waals surface area (Å²) in [6, 6.07) is 0.252. The monoisotopic (exact) mass is 236 g/mol. The lowest BCUT2D eigenvalue weighted by molar-refractivity contribution is 0.364. The first-order chi connectivity index (χ1) is 8.31. The Morgan fingerprint density at radius 2 is 2.06 bits per heavy atom. The van der Waals surface area contributed by atoms with E-state index >= 15 is 0 Å². The molecular formula is C13H24N4. The molecule has 96 valence electrons. The molecular weight excluding hydrogens is 212 g/mol. The maximum absolute atomic E-state index is 6.35. The van der Waals surface area contributed by atoms with Gasteiger partial charge in [0, 0.05) is 19.0 Å². The highest BCUT2D eigenvalue weighted by molar-refractivity contribution is 4.91. The van der Waals surface area contributed by atoms with Crippen molar-refractivity contribution in [2.75, 3.05) is 0 Å². The highest BCUT2D eigenvalue weighted by Crippen LogP contribution is 2.25. The van der Waals surface area contributed by atoms with Gasteiger partial charge in [0.25, 0.3) is 0 Å². The highest BCUT2D eigenvalue weighted by Gasteiger charge is 2.21. The van der Waals surface area contributed by atoms with Crippen LogP contribution in [0.5, 0.6) is 0 Å². The zero-order chi connectivity index (χ0) is 12.1. The second kappa shape index (κ2) is 6.15. The number of nitrogens with zero attached hydrogens (tertiary/aromatic N) is 3. The third-order valence-corrected chi connectivity index (χ3v) is 3.92. The highest BCUT2D eigenvalue weighted by atomic mass is 15.3. The third kappa shape index (κ3) is 3.28. The molecule has 0 amide bonds. The van der Waals surface area contributed by atoms with Crippen LogP contribution in [0.25, 0.3) is 0 Å². The lowest BCUT2D eigenvalue weighted by atomic mass is 9.90. The largest absolute Gasteiger partial charge is 0.327 e. The van der Waals surface area contributed by atoms with Gasteiger partial charge < -0.3 is 5.73 Å². The van der Waals surface area contributed by atoms with Crippen LogP contribution < -0.4 is 5.73 Å². The first-order valence-electron chi connectivity index (χ1n) is 6.93. The molecule has 1 aromatic heterocycles. The van der Waals surface area contributed by atoms with E-state index in [2.05, 4.69) is 17.0 Å². The summed E-state index contributed by atoms with van der Waals surface area (Å²) >= 11 is 0. The Morgan fingerprint density at radius 3 is 2.71 bits per heavy atom. The van der Waals surface area contributed by atoms with Crippen molar-refractivity contribution in [2.45, 2.75) is 64.5 Å². The minimum Gasteiger partial charge on any atom is -0.327 e. The van der Waals surface area contributed by atoms with Crippen molar-refractivity contribution in [2.24, 2.45) is 11.7 Å². The molecule has 1 aliphatic carbocycles. The SMILES string of the molecule is CCn1ncnc1CC(N)C1CCCCCC1. The van der Waals surface area contributed by atoms with Crippen LogP contribution in [0.2, 0.25) is 0 Å². The standard InChI is InChI=1S/C13H24N4/c1-2-17-13(15-10-16-17)9-12(14)11-7-5-3-4-6-8-11/h10-12H,2-9,14H2,1H3. The van der Waals surface area contributed by atoms with Gasteiger partial charge in [-0.3, -0.25) is 4.68 Å². The Bertz CT molecular complexity index is 326. The van der Waals surface area contributed by atoms with Crippen LogP contribution in [0, 0.1) is 5.92 Å². The summed E-state index contributed by atoms with van der Waals surface area (Å²) in [4.78, 5) is 4.32. The van der Waals surface area contributed by atoms with Crippen molar-refractivity contribution in [3.63, 3.8) is 0 Å². The lowest BCUT2D eigenvalue weighted by Crippen LogP contribution is -2.33. The topological polar surface area (TPSA) is 56.7 Å². The summed E-state index contributed by atoms with van der Waals surface area (Å²) in [5.74, 6) is 1.73. The molecule has 1 fully saturated rings. The predicted molar refractivity (Wildman–Crippen MR) is 68.6 cm³/mol. The number of hydrogen-bond donors (Lipinski definition) is 1. The van der Waals surface area contributed by atoms with Gasteiger partial charge in [-0.05, 0) is 25.7 Å². The molecule has 4 nitrogen and oxygen atoms in total. The van der Waals surface area contributed by atoms with E-state index < -0.39 is 0 Å². The van der Waals surface area contributed by atoms with E-state index in [0.29, 0.717) is 5.92 Å². The molecule has 2 N–H and O–H groups in total. The van der Waals surface area contributed by atoms with Crippen molar-refractivity contribution in [3.8, 4) is 0 Å². The maximum atomic E-state index is 6.35. The number of nitrogens with two attached hydrogens (primary N) is 1. The summed E-state index contributed by atoms with van der Waals surface area (Å²) in [5, 5.41) is 4.20. The molecule has 1 atom stereocenters. The van der Waals surface area contributed by atoms with Crippen molar-refractivity contribution in [3.05, 3.63) is 12.2 Å². The molecule has 0 spiro atoms. The molecule has 1 aliphatic rings. The Morgan fingerprint density at radius 1 is 1.35 bits per heavy atom. The molecule has 0 aliphatic heterocycles. The average Bonchev–Trinajstić information content (AvgIpc) is 2.62. The summed E-state index contributed by atoms with van der Waals surface area (Å²) in [6.45, 7) is 2.97. The van der Waals surface area contributed by atoms with Crippen LogP contribution in [0.15, 0.2) is 6.33 Å². The zero-order valence-corrected chi connectivity index (χ0v) is 10.8. The molecule has 1 saturated carbocycles. The van der Waals surface area contributed by atoms with E-state index in [9.17, 15) is 0 Å². The van der Waals surface area contributed by atoms with Crippen LogP contribution in [0.3, 0.4) is 0 Å². The van der Waals surface area contributed by atoms with Gasteiger partial charge in [-0.25, -0.2) is 4.98 Å². The second-order valence-corrected chi connectivity index (χ2v) is 5.11. The first kappa shape index (κ1) is 12.6. The Labute approximate surface area is 104 Å². The second-order valence-electron chi connectivity index (χ2n) is 5.11. The number of aromatic nitrogens is 3. The van der Waals surface area contributed by atoms with Gasteiger partial charge in [-0.2, -0.15) is 5.10 Å². The molecule has 2 rings (SSSR count). The summed E-state index contributed by atoms with van der Waals surface area (Å²) in [5.41, 5.74) is 6.35. The minimum absolute atomic E-state index is 0.252. The molecule has 0 bridgehead atoms. The molecule has 0 radical (unpaired) electrons. The first-order valence-corrected chi connectivity index (χ1v) is 6.93. The molecule has 17 heavy (non-hydrogen) atoms. The van der Waals surface area contributed by atoms with Crippen LogP contribution in [0.4, 0.5) is 0 Å². The van der Waals surface area contributed by atoms with Gasteiger partial charge in [-0.15, -0.1) is 0 Å². The van der Waals surface area contributed by atoms with Crippen molar-refractivity contribution >= 4 is 0 Å². The van der Waals surface area contributed by atoms with Gasteiger partial charge >= 0.3 is 0 Å². The van der Waals surface area contributed by atoms with Gasteiger partial charge in [0.2, 0.25) is 0 Å². The maximum Gasteiger partial charge on any atom is 0.138 e. The predicted octanol–water partition coefficient (Wildman–Crippen LogP) is 2.14. The molecule has 1 heterocycles. The Hall–Kier alpha value is -0.900. The molecule has 1 unspecified atom stereocenters. The van der Waals surface area contributed by atoms with Crippen LogP contribution in [-0.4, -0.2) is 20.8 Å². The fourth-order valence-electron chi connectivity index (χ4n) is 2.83. The van der Waals surface area contributed by atoms with Crippen LogP contribution in [-0.2, 0) is 13.0 Å². The Balaban J connectivity index is 1.93. The molecule has 0 saturated heterocycles. The van der Waals surface area contributed by atoms with E-state index in [1.54, 1.807) is 6.33 Å². The van der Waals surface area contributed by atoms with Crippen molar-refractivity contribution in [1.29, 1.82) is 0 Å². The summed E-state index contributed by atoms with van der Waals surface area (Å²) < 4.78 is 1.95. The normalized spacial score (nSPS) is 20.1. The number of hydrogen-bond acceptors (Lipinski definition) is 3. The number of rotatable bonds is 4. The quantitative estimate of drug-likeness (QED) is 0.815. The van der Waals surface area contributed by atoms with Crippen molar-refractivity contribution < 1.29 is 0 Å². The van der Waals surface area contributed by atoms with E-state index in [4.69, 9.17) is 5.73 Å². The van der Waals surface area contributed by atoms with Gasteiger partial charge in [0.1, 0.15) is 12.2 Å². The van der Waals surface area contributed by atoms with Crippen LogP contribution >= 0.6 is 0 Å². The van der Waals surface area contributed by atoms with Crippen LogP contribution in [0.1, 0.15) is 51.3 Å². The average molecular weight is 236 g/mol. The van der Waals surface area contributed by atoms with Gasteiger partial charge in [-0.1, -0.05) is 25.7 Å². The van der Waals surface area contributed by atoms with E-state index in [-0.39, 0.29) is 6.04 Å². The summed E-state index contributed by atoms with van der Waals surface area (Å²) in [6.07, 6.45) is 10.6. The van der Waals surface area contributed by atoms with Gasteiger partial charge in [0.15, 0.2) is 0 Å². The summed E-state index contributed by atoms with van der Waals surface area (Å²) in [7, 11) is 0.